The lowest BCUT2D eigenvalue weighted by Crippen LogP contribution is -2.13. The van der Waals surface area contributed by atoms with Gasteiger partial charge in [0.25, 0.3) is 0 Å². The molecule has 0 saturated carbocycles. The molecule has 1 heterocycles. The number of allylic oxidation sites excluding steroid dienone is 1. The van der Waals surface area contributed by atoms with E-state index in [1.807, 2.05) is 0 Å². The number of nitrogens with one attached hydrogen (secondary N) is 1. The number of rotatable bonds is 7. The minimum atomic E-state index is -0.564. The van der Waals surface area contributed by atoms with Crippen LogP contribution in [0.5, 0.6) is 11.5 Å². The smallest absolute Gasteiger partial charge is 0.343 e. The number of fused-ring (bicyclic) bond motifs is 1. The van der Waals surface area contributed by atoms with Crippen molar-refractivity contribution in [3.63, 3.8) is 0 Å². The number of ether oxygens (including phenoxy) is 3. The van der Waals surface area contributed by atoms with Crippen LogP contribution in [-0.2, 0) is 9.53 Å². The van der Waals surface area contributed by atoms with Gasteiger partial charge in [-0.3, -0.25) is 0 Å². The Balaban J connectivity index is 1.99. The van der Waals surface area contributed by atoms with Crippen LogP contribution >= 0.6 is 11.6 Å². The van der Waals surface area contributed by atoms with Gasteiger partial charge in [-0.05, 0) is 48.9 Å². The van der Waals surface area contributed by atoms with E-state index in [2.05, 4.69) is 20.8 Å². The second kappa shape index (κ2) is 9.29. The Labute approximate surface area is 176 Å². The molecule has 0 aliphatic rings. The van der Waals surface area contributed by atoms with Gasteiger partial charge in [0, 0.05) is 0 Å². The van der Waals surface area contributed by atoms with Gasteiger partial charge in [0.15, 0.2) is 18.1 Å². The number of imidazole rings is 1. The first-order valence-electron chi connectivity index (χ1n) is 8.88. The lowest BCUT2D eigenvalue weighted by molar-refractivity contribution is -0.142. The third-order valence-corrected chi connectivity index (χ3v) is 4.30. The highest BCUT2D eigenvalue weighted by molar-refractivity contribution is 6.32. The molecule has 0 radical (unpaired) electrons. The highest BCUT2D eigenvalue weighted by Crippen LogP contribution is 2.37. The molecule has 0 spiro atoms. The van der Waals surface area contributed by atoms with Gasteiger partial charge >= 0.3 is 5.97 Å². The normalized spacial score (nSPS) is 11.2. The van der Waals surface area contributed by atoms with Crippen molar-refractivity contribution in [3.05, 3.63) is 52.6 Å². The summed E-state index contributed by atoms with van der Waals surface area (Å²) in [6, 6.07) is 9.39. The molecule has 1 aromatic heterocycles. The van der Waals surface area contributed by atoms with Gasteiger partial charge < -0.3 is 19.2 Å². The first-order chi connectivity index (χ1) is 14.4. The maximum absolute atomic E-state index is 13.4. The quantitative estimate of drug-likeness (QED) is 0.442. The van der Waals surface area contributed by atoms with Crippen LogP contribution in [0.1, 0.15) is 18.3 Å². The number of benzene rings is 2. The number of nitriles is 1. The Hall–Kier alpha value is -3.57. The van der Waals surface area contributed by atoms with Crippen molar-refractivity contribution in [2.24, 2.45) is 0 Å². The summed E-state index contributed by atoms with van der Waals surface area (Å²) in [4.78, 5) is 18.6. The van der Waals surface area contributed by atoms with Gasteiger partial charge in [-0.1, -0.05) is 11.6 Å². The summed E-state index contributed by atoms with van der Waals surface area (Å²) in [5.41, 5.74) is 1.78. The van der Waals surface area contributed by atoms with Gasteiger partial charge in [0.2, 0.25) is 0 Å². The zero-order chi connectivity index (χ0) is 21.7. The molecule has 0 atom stereocenters. The Morgan fingerprint density at radius 3 is 2.83 bits per heavy atom. The molecule has 3 aromatic rings. The molecular weight excluding hydrogens is 413 g/mol. The number of carbonyl (C=O) groups is 1. The van der Waals surface area contributed by atoms with Crippen molar-refractivity contribution >= 4 is 40.3 Å². The van der Waals surface area contributed by atoms with Crippen LogP contribution in [0.25, 0.3) is 22.7 Å². The van der Waals surface area contributed by atoms with Crippen LogP contribution in [0.4, 0.5) is 4.39 Å². The zero-order valence-electron chi connectivity index (χ0n) is 16.2. The number of hydrogen-bond donors (Lipinski definition) is 1. The fourth-order valence-corrected chi connectivity index (χ4v) is 2.97. The van der Waals surface area contributed by atoms with Crippen molar-refractivity contribution < 1.29 is 23.4 Å². The van der Waals surface area contributed by atoms with E-state index in [0.717, 1.165) is 0 Å². The molecule has 1 N–H and O–H groups in total. The van der Waals surface area contributed by atoms with Crippen LogP contribution in [-0.4, -0.2) is 36.3 Å². The summed E-state index contributed by atoms with van der Waals surface area (Å²) in [5, 5.41) is 9.79. The molecule has 0 aliphatic heterocycles. The first-order valence-corrected chi connectivity index (χ1v) is 9.26. The van der Waals surface area contributed by atoms with Crippen LogP contribution in [0.2, 0.25) is 5.02 Å². The number of aromatic amines is 1. The van der Waals surface area contributed by atoms with Crippen LogP contribution in [0, 0.1) is 17.1 Å². The average Bonchev–Trinajstić information content (AvgIpc) is 3.14. The van der Waals surface area contributed by atoms with E-state index in [9.17, 15) is 14.4 Å². The van der Waals surface area contributed by atoms with Gasteiger partial charge in [-0.25, -0.2) is 14.2 Å². The van der Waals surface area contributed by atoms with Crippen LogP contribution in [0.3, 0.4) is 0 Å². The number of H-pyrrole nitrogens is 1. The topological polar surface area (TPSA) is 97.2 Å². The highest BCUT2D eigenvalue weighted by Gasteiger charge is 2.15. The molecule has 30 heavy (non-hydrogen) atoms. The summed E-state index contributed by atoms with van der Waals surface area (Å²) >= 11 is 6.32. The minimum absolute atomic E-state index is 0.193. The number of esters is 1. The van der Waals surface area contributed by atoms with E-state index in [0.29, 0.717) is 34.8 Å². The van der Waals surface area contributed by atoms with Gasteiger partial charge in [0.05, 0.1) is 35.3 Å². The number of carbonyl (C=O) groups excluding carboxylic acids is 1. The predicted octanol–water partition coefficient (Wildman–Crippen LogP) is 4.37. The standard InChI is InChI=1S/C21H17ClFN3O4/c1-3-29-18-8-12(7-15(22)20(18)30-11-19(27)28-2)6-13(10-24)21-25-16-5-4-14(23)9-17(16)26-21/h4-9H,3,11H2,1-2H3,(H,25,26)/b13-6-. The van der Waals surface area contributed by atoms with E-state index in [1.54, 1.807) is 25.1 Å². The predicted molar refractivity (Wildman–Crippen MR) is 110 cm³/mol. The monoisotopic (exact) mass is 429 g/mol. The number of methoxy groups -OCH3 is 1. The van der Waals surface area contributed by atoms with Gasteiger partial charge in [-0.2, -0.15) is 5.26 Å². The summed E-state index contributed by atoms with van der Waals surface area (Å²) in [5.74, 6) is -0.178. The van der Waals surface area contributed by atoms with E-state index >= 15 is 0 Å². The van der Waals surface area contributed by atoms with E-state index in [-0.39, 0.29) is 23.0 Å². The summed E-state index contributed by atoms with van der Waals surface area (Å²) in [6.45, 7) is 1.79. The maximum atomic E-state index is 13.4. The molecule has 0 saturated heterocycles. The fraction of sp³-hybridized carbons (Fsp3) is 0.190. The molecule has 9 heteroatoms. The molecular formula is C21H17ClFN3O4. The number of halogens is 2. The number of aromatic nitrogens is 2. The van der Waals surface area contributed by atoms with Crippen molar-refractivity contribution in [1.82, 2.24) is 9.97 Å². The zero-order valence-corrected chi connectivity index (χ0v) is 16.9. The Kier molecular flexibility index (Phi) is 6.54. The Bertz CT molecular complexity index is 1170. The SMILES string of the molecule is CCOc1cc(/C=C(/C#N)c2nc3ccc(F)cc3[nH]2)cc(Cl)c1OCC(=O)OC. The molecule has 0 aliphatic carbocycles. The number of nitrogens with zero attached hydrogens (tertiary/aromatic N) is 2. The fourth-order valence-electron chi connectivity index (χ4n) is 2.69. The van der Waals surface area contributed by atoms with Crippen molar-refractivity contribution in [2.75, 3.05) is 20.3 Å². The average molecular weight is 430 g/mol. The molecule has 7 nitrogen and oxygen atoms in total. The highest BCUT2D eigenvalue weighted by atomic mass is 35.5. The van der Waals surface area contributed by atoms with Gasteiger partial charge in [0.1, 0.15) is 17.7 Å². The van der Waals surface area contributed by atoms with E-state index in [4.69, 9.17) is 21.1 Å². The van der Waals surface area contributed by atoms with E-state index < -0.39 is 11.8 Å². The van der Waals surface area contributed by atoms with Crippen molar-refractivity contribution in [2.45, 2.75) is 6.92 Å². The van der Waals surface area contributed by atoms with E-state index in [1.165, 1.54) is 25.3 Å². The van der Waals surface area contributed by atoms with Crippen LogP contribution < -0.4 is 9.47 Å². The summed E-state index contributed by atoms with van der Waals surface area (Å²) in [6.07, 6.45) is 1.56. The molecule has 0 amide bonds. The molecule has 154 valence electrons. The number of hydrogen-bond acceptors (Lipinski definition) is 6. The molecule has 2 aromatic carbocycles. The second-order valence-corrected chi connectivity index (χ2v) is 6.45. The lowest BCUT2D eigenvalue weighted by Gasteiger charge is -2.14. The molecule has 3 rings (SSSR count). The largest absolute Gasteiger partial charge is 0.490 e. The first kappa shape index (κ1) is 21.1. The third kappa shape index (κ3) is 4.70. The summed E-state index contributed by atoms with van der Waals surface area (Å²) in [7, 11) is 1.25. The van der Waals surface area contributed by atoms with Gasteiger partial charge in [-0.15, -0.1) is 0 Å². The second-order valence-electron chi connectivity index (χ2n) is 6.04. The Morgan fingerprint density at radius 2 is 2.13 bits per heavy atom. The summed E-state index contributed by atoms with van der Waals surface area (Å²) < 4.78 is 29.0. The Morgan fingerprint density at radius 1 is 1.33 bits per heavy atom. The molecule has 0 fully saturated rings. The molecule has 0 bridgehead atoms. The van der Waals surface area contributed by atoms with Crippen LogP contribution in [0.15, 0.2) is 30.3 Å². The molecule has 0 unspecified atom stereocenters. The third-order valence-electron chi connectivity index (χ3n) is 4.02. The van der Waals surface area contributed by atoms with Crippen molar-refractivity contribution in [1.29, 1.82) is 5.26 Å². The minimum Gasteiger partial charge on any atom is -0.490 e. The van der Waals surface area contributed by atoms with Crippen molar-refractivity contribution in [3.8, 4) is 17.6 Å². The lowest BCUT2D eigenvalue weighted by atomic mass is 10.1. The maximum Gasteiger partial charge on any atom is 0.343 e.